The third kappa shape index (κ3) is 7.87. The zero-order valence-electron chi connectivity index (χ0n) is 23.2. The number of morpholine rings is 1. The fraction of sp³-hybridized carbons (Fsp3) is 0.267. The summed E-state index contributed by atoms with van der Waals surface area (Å²) in [6.45, 7) is 3.06. The summed E-state index contributed by atoms with van der Waals surface area (Å²) in [5.74, 6) is -3.17. The number of halogens is 2. The van der Waals surface area contributed by atoms with Crippen LogP contribution in [0, 0.1) is 11.6 Å². The molecule has 1 aromatic heterocycles. The van der Waals surface area contributed by atoms with E-state index < -0.39 is 17.6 Å². The van der Waals surface area contributed by atoms with E-state index in [9.17, 15) is 28.3 Å². The molecule has 2 aliphatic rings. The first-order valence-corrected chi connectivity index (χ1v) is 15.6. The molecule has 0 spiro atoms. The number of nitrogens with one attached hydrogen (secondary N) is 1. The molecule has 0 radical (unpaired) electrons. The molecule has 2 saturated heterocycles. The zero-order chi connectivity index (χ0) is 31.2. The first-order chi connectivity index (χ1) is 21.2. The maximum atomic E-state index is 13.6. The monoisotopic (exact) mass is 659 g/mol. The number of hydrogen-bond acceptors (Lipinski definition) is 9. The van der Waals surface area contributed by atoms with Crippen LogP contribution in [0.5, 0.6) is 5.75 Å². The number of nitrogens with zero attached hydrogens (tertiary/aromatic N) is 2. The van der Waals surface area contributed by atoms with Crippen molar-refractivity contribution in [1.29, 1.82) is 0 Å². The minimum Gasteiger partial charge on any atom is -0.478 e. The van der Waals surface area contributed by atoms with Crippen LogP contribution in [0.25, 0.3) is 17.2 Å². The Balaban J connectivity index is 1.16. The van der Waals surface area contributed by atoms with Gasteiger partial charge in [0, 0.05) is 43.0 Å². The predicted molar refractivity (Wildman–Crippen MR) is 167 cm³/mol. The molecular formula is C30H27F2N3O6S3. The Morgan fingerprint density at radius 3 is 2.64 bits per heavy atom. The molecule has 2 amide bonds. The van der Waals surface area contributed by atoms with E-state index >= 15 is 0 Å². The number of thiocarbonyl (C=S) groups is 1. The Labute approximate surface area is 265 Å². The summed E-state index contributed by atoms with van der Waals surface area (Å²) in [6.07, 6.45) is 1.66. The van der Waals surface area contributed by atoms with Gasteiger partial charge in [-0.25, -0.2) is 13.6 Å². The van der Waals surface area contributed by atoms with Crippen molar-refractivity contribution in [3.8, 4) is 16.9 Å². The smallest absolute Gasteiger partial charge is 0.335 e. The number of benzene rings is 2. The lowest BCUT2D eigenvalue weighted by Crippen LogP contribution is -2.38. The van der Waals surface area contributed by atoms with Crippen molar-refractivity contribution in [3.63, 3.8) is 0 Å². The molecule has 3 heterocycles. The van der Waals surface area contributed by atoms with Gasteiger partial charge in [0.2, 0.25) is 5.91 Å². The highest BCUT2D eigenvalue weighted by Gasteiger charge is 2.32. The Kier molecular flexibility index (Phi) is 10.4. The summed E-state index contributed by atoms with van der Waals surface area (Å²) < 4.78 is 38.5. The molecule has 2 aromatic carbocycles. The van der Waals surface area contributed by atoms with E-state index in [0.29, 0.717) is 51.6 Å². The molecule has 0 bridgehead atoms. The van der Waals surface area contributed by atoms with Crippen LogP contribution < -0.4 is 10.1 Å². The van der Waals surface area contributed by atoms with Crippen molar-refractivity contribution < 1.29 is 37.7 Å². The second-order valence-corrected chi connectivity index (χ2v) is 12.5. The van der Waals surface area contributed by atoms with Gasteiger partial charge in [0.25, 0.3) is 5.91 Å². The van der Waals surface area contributed by atoms with Gasteiger partial charge in [-0.05, 0) is 59.0 Å². The van der Waals surface area contributed by atoms with Gasteiger partial charge in [0.05, 0.1) is 23.7 Å². The van der Waals surface area contributed by atoms with Gasteiger partial charge in [0.15, 0.2) is 11.6 Å². The molecule has 0 atom stereocenters. The van der Waals surface area contributed by atoms with Crippen molar-refractivity contribution >= 4 is 63.5 Å². The predicted octanol–water partition coefficient (Wildman–Crippen LogP) is 4.97. The molecule has 14 heteroatoms. The molecule has 0 saturated carbocycles. The van der Waals surface area contributed by atoms with Crippen LogP contribution in [-0.4, -0.2) is 76.6 Å². The summed E-state index contributed by atoms with van der Waals surface area (Å²) >= 11 is 7.86. The first-order valence-electron chi connectivity index (χ1n) is 13.5. The number of ether oxygens (including phenoxy) is 2. The second kappa shape index (κ2) is 14.4. The van der Waals surface area contributed by atoms with E-state index in [0.717, 1.165) is 41.9 Å². The van der Waals surface area contributed by atoms with Crippen molar-refractivity contribution in [3.05, 3.63) is 80.4 Å². The number of thioether (sulfide) groups is 1. The van der Waals surface area contributed by atoms with Gasteiger partial charge < -0.3 is 19.9 Å². The lowest BCUT2D eigenvalue weighted by Gasteiger charge is -2.26. The Hall–Kier alpha value is -3.69. The lowest BCUT2D eigenvalue weighted by molar-refractivity contribution is -0.123. The molecule has 2 N–H and O–H groups in total. The van der Waals surface area contributed by atoms with Crippen LogP contribution >= 0.6 is 35.3 Å². The molecule has 2 fully saturated rings. The molecule has 230 valence electrons. The number of carbonyl (C=O) groups excluding carboxylic acids is 2. The number of thiophene rings is 1. The second-order valence-electron chi connectivity index (χ2n) is 9.86. The summed E-state index contributed by atoms with van der Waals surface area (Å²) in [5, 5.41) is 14.0. The highest BCUT2D eigenvalue weighted by atomic mass is 32.2. The van der Waals surface area contributed by atoms with Gasteiger partial charge in [-0.3, -0.25) is 19.4 Å². The van der Waals surface area contributed by atoms with Gasteiger partial charge in [-0.1, -0.05) is 30.0 Å². The number of aromatic carboxylic acids is 1. The molecule has 9 nitrogen and oxygen atoms in total. The molecule has 44 heavy (non-hydrogen) atoms. The topological polar surface area (TPSA) is 108 Å². The lowest BCUT2D eigenvalue weighted by atomic mass is 10.1. The van der Waals surface area contributed by atoms with Crippen LogP contribution in [0.3, 0.4) is 0 Å². The summed E-state index contributed by atoms with van der Waals surface area (Å²) in [4.78, 5) is 41.9. The van der Waals surface area contributed by atoms with Gasteiger partial charge in [0.1, 0.15) is 16.8 Å². The fourth-order valence-corrected chi connectivity index (χ4v) is 6.68. The first kappa shape index (κ1) is 31.7. The van der Waals surface area contributed by atoms with Crippen molar-refractivity contribution in [2.45, 2.75) is 13.0 Å². The Morgan fingerprint density at radius 2 is 1.89 bits per heavy atom. The molecule has 0 unspecified atom stereocenters. The minimum atomic E-state index is -1.09. The number of carboxylic acids is 1. The van der Waals surface area contributed by atoms with Gasteiger partial charge >= 0.3 is 5.97 Å². The Bertz CT molecular complexity index is 1620. The number of hydrogen-bond donors (Lipinski definition) is 2. The minimum absolute atomic E-state index is 0.0262. The van der Waals surface area contributed by atoms with Crippen molar-refractivity contribution in [1.82, 2.24) is 15.1 Å². The molecular weight excluding hydrogens is 633 g/mol. The van der Waals surface area contributed by atoms with Gasteiger partial charge in [-0.15, -0.1) is 11.3 Å². The Morgan fingerprint density at radius 1 is 1.09 bits per heavy atom. The van der Waals surface area contributed by atoms with E-state index in [4.69, 9.17) is 21.7 Å². The van der Waals surface area contributed by atoms with E-state index in [1.54, 1.807) is 23.6 Å². The SMILES string of the molecule is O=C(CCN1C(=O)/C(=C/c2cc(-c3ccc(F)c(F)c3)cs2)SC1=S)NCc1cc(C(=O)O)ccc1OCN1CCOCC1. The molecule has 3 aromatic rings. The van der Waals surface area contributed by atoms with E-state index in [1.807, 2.05) is 0 Å². The standard InChI is InChI=1S/C30H27F2N3O6S3/c31-23-3-1-18(13-24(23)32)21-12-22(43-16-21)14-26-28(37)35(30(42)44-26)6-5-27(36)33-15-20-11-19(29(38)39)2-4-25(20)41-17-34-7-9-40-10-8-34/h1-4,11-14,16H,5-10,15,17H2,(H,33,36)(H,38,39)/b26-14-. The molecule has 5 rings (SSSR count). The van der Waals surface area contributed by atoms with Crippen molar-refractivity contribution in [2.24, 2.45) is 0 Å². The number of carbonyl (C=O) groups is 3. The van der Waals surface area contributed by atoms with Crippen LogP contribution in [-0.2, 0) is 20.9 Å². The van der Waals surface area contributed by atoms with Crippen molar-refractivity contribution in [2.75, 3.05) is 39.6 Å². The number of amides is 2. The van der Waals surface area contributed by atoms with E-state index in [-0.39, 0.29) is 36.9 Å². The average molecular weight is 660 g/mol. The average Bonchev–Trinajstić information content (AvgIpc) is 3.59. The summed E-state index contributed by atoms with van der Waals surface area (Å²) in [7, 11) is 0. The van der Waals surface area contributed by atoms with E-state index in [1.165, 1.54) is 34.4 Å². The molecule has 2 aliphatic heterocycles. The van der Waals surface area contributed by atoms with Crippen LogP contribution in [0.2, 0.25) is 0 Å². The third-order valence-corrected chi connectivity index (χ3v) is 9.13. The quantitative estimate of drug-likeness (QED) is 0.218. The van der Waals surface area contributed by atoms with Crippen LogP contribution in [0.1, 0.15) is 27.2 Å². The summed E-state index contributed by atoms with van der Waals surface area (Å²) in [5.41, 5.74) is 1.79. The third-order valence-electron chi connectivity index (χ3n) is 6.87. The van der Waals surface area contributed by atoms with Gasteiger partial charge in [-0.2, -0.15) is 0 Å². The highest BCUT2D eigenvalue weighted by molar-refractivity contribution is 8.26. The number of carboxylic acid groups (broad SMARTS) is 1. The fourth-order valence-electron chi connectivity index (χ4n) is 4.46. The molecule has 0 aliphatic carbocycles. The summed E-state index contributed by atoms with van der Waals surface area (Å²) in [6, 6.07) is 9.93. The maximum absolute atomic E-state index is 13.6. The van der Waals surface area contributed by atoms with Crippen LogP contribution in [0.15, 0.2) is 52.7 Å². The van der Waals surface area contributed by atoms with E-state index in [2.05, 4.69) is 10.2 Å². The largest absolute Gasteiger partial charge is 0.478 e. The number of rotatable bonds is 11. The normalized spacial score (nSPS) is 16.5. The zero-order valence-corrected chi connectivity index (χ0v) is 25.7. The highest BCUT2D eigenvalue weighted by Crippen LogP contribution is 2.35. The maximum Gasteiger partial charge on any atom is 0.335 e. The van der Waals surface area contributed by atoms with Crippen LogP contribution in [0.4, 0.5) is 8.78 Å².